The van der Waals surface area contributed by atoms with Gasteiger partial charge in [0.1, 0.15) is 11.6 Å². The number of aromatic nitrogens is 2. The van der Waals surface area contributed by atoms with E-state index < -0.39 is 0 Å². The molecular weight excluding hydrogens is 228 g/mol. The van der Waals surface area contributed by atoms with Gasteiger partial charge in [0.2, 0.25) is 5.91 Å². The fourth-order valence-corrected chi connectivity index (χ4v) is 1.53. The summed E-state index contributed by atoms with van der Waals surface area (Å²) in [5.41, 5.74) is 6.56. The monoisotopic (exact) mass is 242 g/mol. The zero-order valence-electron chi connectivity index (χ0n) is 9.84. The Bertz CT molecular complexity index is 528. The van der Waals surface area contributed by atoms with Crippen molar-refractivity contribution in [2.24, 2.45) is 0 Å². The van der Waals surface area contributed by atoms with Crippen LogP contribution in [0, 0.1) is 0 Å². The molecule has 18 heavy (non-hydrogen) atoms. The third-order valence-corrected chi connectivity index (χ3v) is 2.40. The lowest BCUT2D eigenvalue weighted by atomic mass is 10.1. The van der Waals surface area contributed by atoms with Crippen LogP contribution in [-0.4, -0.2) is 15.9 Å². The number of anilines is 2. The maximum Gasteiger partial charge on any atom is 0.225 e. The largest absolute Gasteiger partial charge is 0.384 e. The van der Waals surface area contributed by atoms with Gasteiger partial charge in [0.05, 0.1) is 0 Å². The van der Waals surface area contributed by atoms with Crippen molar-refractivity contribution in [3.05, 3.63) is 48.3 Å². The second kappa shape index (κ2) is 5.77. The predicted octanol–water partition coefficient (Wildman–Crippen LogP) is 1.63. The number of carbonyl (C=O) groups is 1. The number of rotatable bonds is 4. The zero-order valence-corrected chi connectivity index (χ0v) is 9.84. The quantitative estimate of drug-likeness (QED) is 0.853. The highest BCUT2D eigenvalue weighted by Crippen LogP contribution is 2.07. The molecule has 0 bridgehead atoms. The molecule has 0 spiro atoms. The summed E-state index contributed by atoms with van der Waals surface area (Å²) < 4.78 is 0. The summed E-state index contributed by atoms with van der Waals surface area (Å²) in [4.78, 5) is 19.7. The molecular formula is C13H14N4O. The van der Waals surface area contributed by atoms with Crippen LogP contribution in [0.3, 0.4) is 0 Å². The number of nitrogens with two attached hydrogens (primary N) is 1. The number of amides is 1. The Hall–Kier alpha value is -2.43. The Kier molecular flexibility index (Phi) is 3.86. The highest BCUT2D eigenvalue weighted by molar-refractivity contribution is 5.90. The molecule has 5 nitrogen and oxygen atoms in total. The zero-order chi connectivity index (χ0) is 12.8. The molecule has 0 aromatic carbocycles. The van der Waals surface area contributed by atoms with E-state index in [0.717, 1.165) is 5.56 Å². The number of hydrogen-bond acceptors (Lipinski definition) is 4. The van der Waals surface area contributed by atoms with Crippen LogP contribution in [-0.2, 0) is 11.2 Å². The summed E-state index contributed by atoms with van der Waals surface area (Å²) in [5.74, 6) is 0.781. The van der Waals surface area contributed by atoms with Crippen molar-refractivity contribution in [3.63, 3.8) is 0 Å². The van der Waals surface area contributed by atoms with Crippen molar-refractivity contribution in [2.75, 3.05) is 11.1 Å². The Morgan fingerprint density at radius 2 is 2.17 bits per heavy atom. The molecule has 0 aliphatic rings. The Balaban J connectivity index is 1.86. The lowest BCUT2D eigenvalue weighted by Gasteiger charge is -2.04. The molecule has 92 valence electrons. The smallest absolute Gasteiger partial charge is 0.225 e. The number of carbonyl (C=O) groups excluding carboxylic acids is 1. The summed E-state index contributed by atoms with van der Waals surface area (Å²) in [6, 6.07) is 8.93. The van der Waals surface area contributed by atoms with Gasteiger partial charge < -0.3 is 11.1 Å². The molecule has 3 N–H and O–H groups in total. The minimum Gasteiger partial charge on any atom is -0.384 e. The average Bonchev–Trinajstić information content (AvgIpc) is 2.38. The summed E-state index contributed by atoms with van der Waals surface area (Å²) in [6.07, 6.45) is 4.51. The van der Waals surface area contributed by atoms with Gasteiger partial charge in [-0.1, -0.05) is 12.1 Å². The molecule has 5 heteroatoms. The first-order chi connectivity index (χ1) is 8.74. The van der Waals surface area contributed by atoms with E-state index in [9.17, 15) is 4.79 Å². The van der Waals surface area contributed by atoms with Crippen LogP contribution in [0.25, 0.3) is 0 Å². The molecule has 0 radical (unpaired) electrons. The van der Waals surface area contributed by atoms with Crippen LogP contribution in [0.4, 0.5) is 11.6 Å². The summed E-state index contributed by atoms with van der Waals surface area (Å²) in [6.45, 7) is 0. The van der Waals surface area contributed by atoms with Crippen LogP contribution in [0.15, 0.2) is 42.7 Å². The van der Waals surface area contributed by atoms with E-state index in [4.69, 9.17) is 5.73 Å². The van der Waals surface area contributed by atoms with E-state index in [0.29, 0.717) is 24.5 Å². The Labute approximate surface area is 105 Å². The first-order valence-electron chi connectivity index (χ1n) is 5.65. The molecule has 0 aliphatic heterocycles. The van der Waals surface area contributed by atoms with Crippen molar-refractivity contribution in [1.29, 1.82) is 0 Å². The fraction of sp³-hybridized carbons (Fsp3) is 0.154. The van der Waals surface area contributed by atoms with Gasteiger partial charge in [-0.2, -0.15) is 0 Å². The maximum absolute atomic E-state index is 11.7. The van der Waals surface area contributed by atoms with Crippen molar-refractivity contribution < 1.29 is 4.79 Å². The van der Waals surface area contributed by atoms with Gasteiger partial charge in [0, 0.05) is 18.8 Å². The Morgan fingerprint density at radius 3 is 2.89 bits per heavy atom. The lowest BCUT2D eigenvalue weighted by Crippen LogP contribution is -2.13. The molecule has 0 atom stereocenters. The van der Waals surface area contributed by atoms with Crippen molar-refractivity contribution in [2.45, 2.75) is 12.8 Å². The standard InChI is InChI=1S/C13H14N4O/c14-11-4-1-5-12(16-11)17-13(18)7-6-10-3-2-8-15-9-10/h1-5,8-9H,6-7H2,(H3,14,16,17,18). The van der Waals surface area contributed by atoms with Gasteiger partial charge in [0.15, 0.2) is 0 Å². The molecule has 2 aromatic heterocycles. The van der Waals surface area contributed by atoms with E-state index in [1.54, 1.807) is 30.6 Å². The normalized spacial score (nSPS) is 10.0. The number of pyridine rings is 2. The van der Waals surface area contributed by atoms with Crippen molar-refractivity contribution >= 4 is 17.5 Å². The van der Waals surface area contributed by atoms with Gasteiger partial charge in [-0.25, -0.2) is 4.98 Å². The number of aryl methyl sites for hydroxylation is 1. The highest BCUT2D eigenvalue weighted by atomic mass is 16.1. The van der Waals surface area contributed by atoms with Gasteiger partial charge in [-0.15, -0.1) is 0 Å². The molecule has 1 amide bonds. The van der Waals surface area contributed by atoms with Crippen LogP contribution in [0.1, 0.15) is 12.0 Å². The lowest BCUT2D eigenvalue weighted by molar-refractivity contribution is -0.116. The van der Waals surface area contributed by atoms with E-state index in [1.165, 1.54) is 0 Å². The highest BCUT2D eigenvalue weighted by Gasteiger charge is 2.04. The number of hydrogen-bond donors (Lipinski definition) is 2. The Morgan fingerprint density at radius 1 is 1.28 bits per heavy atom. The molecule has 2 aromatic rings. The summed E-state index contributed by atoms with van der Waals surface area (Å²) >= 11 is 0. The molecule has 0 aliphatic carbocycles. The van der Waals surface area contributed by atoms with Crippen LogP contribution < -0.4 is 11.1 Å². The van der Waals surface area contributed by atoms with Crippen molar-refractivity contribution in [1.82, 2.24) is 9.97 Å². The maximum atomic E-state index is 11.7. The average molecular weight is 242 g/mol. The fourth-order valence-electron chi connectivity index (χ4n) is 1.53. The number of nitrogens with zero attached hydrogens (tertiary/aromatic N) is 2. The van der Waals surface area contributed by atoms with Crippen molar-refractivity contribution in [3.8, 4) is 0 Å². The third-order valence-electron chi connectivity index (χ3n) is 2.40. The first-order valence-corrected chi connectivity index (χ1v) is 5.65. The number of nitrogen functional groups attached to an aromatic ring is 1. The summed E-state index contributed by atoms with van der Waals surface area (Å²) in [5, 5.41) is 2.70. The van der Waals surface area contributed by atoms with Gasteiger partial charge in [-0.3, -0.25) is 9.78 Å². The van der Waals surface area contributed by atoms with Crippen LogP contribution in [0.5, 0.6) is 0 Å². The van der Waals surface area contributed by atoms with Gasteiger partial charge in [0.25, 0.3) is 0 Å². The van der Waals surface area contributed by atoms with E-state index in [-0.39, 0.29) is 5.91 Å². The third kappa shape index (κ3) is 3.55. The van der Waals surface area contributed by atoms with E-state index in [1.807, 2.05) is 12.1 Å². The minimum atomic E-state index is -0.0862. The van der Waals surface area contributed by atoms with E-state index >= 15 is 0 Å². The number of nitrogens with one attached hydrogen (secondary N) is 1. The topological polar surface area (TPSA) is 80.9 Å². The van der Waals surface area contributed by atoms with Gasteiger partial charge in [-0.05, 0) is 30.2 Å². The first kappa shape index (κ1) is 12.0. The second-order valence-electron chi connectivity index (χ2n) is 3.86. The molecule has 0 fully saturated rings. The van der Waals surface area contributed by atoms with E-state index in [2.05, 4.69) is 15.3 Å². The molecule has 0 unspecified atom stereocenters. The molecule has 0 saturated heterocycles. The van der Waals surface area contributed by atoms with Crippen LogP contribution in [0.2, 0.25) is 0 Å². The molecule has 2 heterocycles. The predicted molar refractivity (Wildman–Crippen MR) is 69.8 cm³/mol. The molecule has 0 saturated carbocycles. The summed E-state index contributed by atoms with van der Waals surface area (Å²) in [7, 11) is 0. The second-order valence-corrected chi connectivity index (χ2v) is 3.86. The molecule has 2 rings (SSSR count). The van der Waals surface area contributed by atoms with Gasteiger partial charge >= 0.3 is 0 Å². The van der Waals surface area contributed by atoms with Crippen LogP contribution >= 0.6 is 0 Å². The SMILES string of the molecule is Nc1cccc(NC(=O)CCc2cccnc2)n1. The minimum absolute atomic E-state index is 0.0862.